The summed E-state index contributed by atoms with van der Waals surface area (Å²) < 4.78 is 0. The lowest BCUT2D eigenvalue weighted by Crippen LogP contribution is -1.89. The van der Waals surface area contributed by atoms with Crippen molar-refractivity contribution in [2.45, 2.75) is 0 Å². The summed E-state index contributed by atoms with van der Waals surface area (Å²) in [7, 11) is 0. The third-order valence-electron chi connectivity index (χ3n) is 3.17. The van der Waals surface area contributed by atoms with Crippen LogP contribution in [0.5, 0.6) is 0 Å². The van der Waals surface area contributed by atoms with Gasteiger partial charge in [-0.15, -0.1) is 0 Å². The first-order valence-corrected chi connectivity index (χ1v) is 5.86. The van der Waals surface area contributed by atoms with Crippen LogP contribution in [-0.2, 0) is 0 Å². The topological polar surface area (TPSA) is 0 Å². The summed E-state index contributed by atoms with van der Waals surface area (Å²) in [6.07, 6.45) is 7.48. The quantitative estimate of drug-likeness (QED) is 0.661. The maximum atomic E-state index is 3.88. The fourth-order valence-corrected chi connectivity index (χ4v) is 2.28. The van der Waals surface area contributed by atoms with Crippen molar-refractivity contribution < 1.29 is 0 Å². The van der Waals surface area contributed by atoms with Crippen LogP contribution in [0.25, 0.3) is 35.1 Å². The van der Waals surface area contributed by atoms with E-state index in [1.54, 1.807) is 0 Å². The molecule has 0 heteroatoms. The molecule has 0 amide bonds. The third kappa shape index (κ3) is 1.72. The monoisotopic (exact) mass is 232 g/mol. The molecule has 0 fully saturated rings. The summed E-state index contributed by atoms with van der Waals surface area (Å²) in [4.78, 5) is 0. The summed E-state index contributed by atoms with van der Waals surface area (Å²) in [5.74, 6) is 0. The molecule has 0 aromatic heterocycles. The van der Waals surface area contributed by atoms with Gasteiger partial charge in [0.25, 0.3) is 0 Å². The number of rotatable bonds is 4. The Hall–Kier alpha value is -2.34. The third-order valence-corrected chi connectivity index (χ3v) is 3.17. The molecule has 0 nitrogen and oxygen atoms in total. The first-order chi connectivity index (χ1) is 8.76. The van der Waals surface area contributed by atoms with Gasteiger partial charge in [0, 0.05) is 0 Å². The van der Waals surface area contributed by atoms with Crippen LogP contribution in [0.1, 0.15) is 22.3 Å². The second kappa shape index (κ2) is 4.89. The zero-order valence-corrected chi connectivity index (χ0v) is 10.4. The SMILES string of the molecule is C=Cc1ccc(C=C)c2c(C=C)ccc(C=C)c12. The Morgan fingerprint density at radius 2 is 0.722 bits per heavy atom. The molecule has 0 saturated heterocycles. The Morgan fingerprint density at radius 1 is 0.500 bits per heavy atom. The van der Waals surface area contributed by atoms with Crippen LogP contribution < -0.4 is 0 Å². The van der Waals surface area contributed by atoms with Gasteiger partial charge in [-0.05, 0) is 33.0 Å². The predicted molar refractivity (Wildman–Crippen MR) is 84.3 cm³/mol. The highest BCUT2D eigenvalue weighted by Crippen LogP contribution is 2.32. The van der Waals surface area contributed by atoms with E-state index in [4.69, 9.17) is 0 Å². The van der Waals surface area contributed by atoms with E-state index in [1.165, 1.54) is 0 Å². The van der Waals surface area contributed by atoms with Crippen molar-refractivity contribution in [3.05, 3.63) is 72.8 Å². The smallest absolute Gasteiger partial charge is 0.00272 e. The van der Waals surface area contributed by atoms with Crippen molar-refractivity contribution in [2.24, 2.45) is 0 Å². The van der Waals surface area contributed by atoms with Gasteiger partial charge in [-0.3, -0.25) is 0 Å². The van der Waals surface area contributed by atoms with E-state index in [-0.39, 0.29) is 0 Å². The van der Waals surface area contributed by atoms with Crippen LogP contribution >= 0.6 is 0 Å². The summed E-state index contributed by atoms with van der Waals surface area (Å²) in [5, 5.41) is 2.32. The van der Waals surface area contributed by atoms with E-state index in [0.717, 1.165) is 33.0 Å². The van der Waals surface area contributed by atoms with Gasteiger partial charge in [-0.2, -0.15) is 0 Å². The van der Waals surface area contributed by atoms with Crippen molar-refractivity contribution in [3.63, 3.8) is 0 Å². The number of hydrogen-bond donors (Lipinski definition) is 0. The van der Waals surface area contributed by atoms with E-state index in [0.29, 0.717) is 0 Å². The molecule has 18 heavy (non-hydrogen) atoms. The maximum absolute atomic E-state index is 3.88. The van der Waals surface area contributed by atoms with Gasteiger partial charge in [0.05, 0.1) is 0 Å². The lowest BCUT2D eigenvalue weighted by Gasteiger charge is -2.12. The molecule has 0 aliphatic heterocycles. The Balaban J connectivity index is 3.11. The first-order valence-electron chi connectivity index (χ1n) is 5.86. The molecule has 88 valence electrons. The molecule has 0 N–H and O–H groups in total. The van der Waals surface area contributed by atoms with Gasteiger partial charge in [0.2, 0.25) is 0 Å². The molecular formula is C18H16. The van der Waals surface area contributed by atoms with Crippen LogP contribution in [0, 0.1) is 0 Å². The highest BCUT2D eigenvalue weighted by atomic mass is 14.1. The zero-order valence-electron chi connectivity index (χ0n) is 10.4. The van der Waals surface area contributed by atoms with Gasteiger partial charge >= 0.3 is 0 Å². The highest BCUT2D eigenvalue weighted by Gasteiger charge is 2.08. The van der Waals surface area contributed by atoms with Crippen LogP contribution in [0.15, 0.2) is 50.6 Å². The molecule has 0 aliphatic rings. The number of hydrogen-bond acceptors (Lipinski definition) is 0. The average molecular weight is 232 g/mol. The molecular weight excluding hydrogens is 216 g/mol. The minimum absolute atomic E-state index is 1.11. The summed E-state index contributed by atoms with van der Waals surface area (Å²) in [6, 6.07) is 8.25. The minimum Gasteiger partial charge on any atom is -0.0984 e. The van der Waals surface area contributed by atoms with Crippen LogP contribution in [0.4, 0.5) is 0 Å². The largest absolute Gasteiger partial charge is 0.0984 e. The summed E-state index contributed by atoms with van der Waals surface area (Å²) in [5.41, 5.74) is 4.42. The molecule has 0 heterocycles. The molecule has 0 spiro atoms. The standard InChI is InChI=1S/C18H16/c1-5-13-9-10-15(7-3)18-16(8-4)12-11-14(6-2)17(13)18/h5-12H,1-4H2. The van der Waals surface area contributed by atoms with Crippen LogP contribution in [0.2, 0.25) is 0 Å². The van der Waals surface area contributed by atoms with Crippen LogP contribution in [-0.4, -0.2) is 0 Å². The zero-order chi connectivity index (χ0) is 13.1. The highest BCUT2D eigenvalue weighted by molar-refractivity contribution is 6.05. The van der Waals surface area contributed by atoms with Crippen LogP contribution in [0.3, 0.4) is 0 Å². The molecule has 0 unspecified atom stereocenters. The Kier molecular flexibility index (Phi) is 3.29. The van der Waals surface area contributed by atoms with Gasteiger partial charge < -0.3 is 0 Å². The van der Waals surface area contributed by atoms with E-state index in [2.05, 4.69) is 50.6 Å². The molecule has 2 aromatic carbocycles. The van der Waals surface area contributed by atoms with Crippen molar-refractivity contribution in [1.82, 2.24) is 0 Å². The van der Waals surface area contributed by atoms with Gasteiger partial charge in [-0.25, -0.2) is 0 Å². The maximum Gasteiger partial charge on any atom is -0.00272 e. The van der Waals surface area contributed by atoms with Gasteiger partial charge in [0.1, 0.15) is 0 Å². The average Bonchev–Trinajstić information content (AvgIpc) is 2.44. The molecule has 0 aliphatic carbocycles. The van der Waals surface area contributed by atoms with Crippen molar-refractivity contribution in [2.75, 3.05) is 0 Å². The number of fused-ring (bicyclic) bond motifs is 1. The van der Waals surface area contributed by atoms with E-state index < -0.39 is 0 Å². The van der Waals surface area contributed by atoms with E-state index in [1.807, 2.05) is 24.3 Å². The molecule has 2 aromatic rings. The lowest BCUT2D eigenvalue weighted by molar-refractivity contribution is 1.64. The summed E-state index contributed by atoms with van der Waals surface area (Å²) >= 11 is 0. The van der Waals surface area contributed by atoms with Crippen molar-refractivity contribution in [1.29, 1.82) is 0 Å². The second-order valence-electron chi connectivity index (χ2n) is 4.05. The van der Waals surface area contributed by atoms with Crippen molar-refractivity contribution >= 4 is 35.1 Å². The Bertz CT molecular complexity index is 544. The van der Waals surface area contributed by atoms with Gasteiger partial charge in [0.15, 0.2) is 0 Å². The number of benzene rings is 2. The molecule has 2 rings (SSSR count). The second-order valence-corrected chi connectivity index (χ2v) is 4.05. The fraction of sp³-hybridized carbons (Fsp3) is 0. The normalized spacial score (nSPS) is 10.0. The fourth-order valence-electron chi connectivity index (χ4n) is 2.28. The van der Waals surface area contributed by atoms with Gasteiger partial charge in [-0.1, -0.05) is 74.9 Å². The Labute approximate surface area is 108 Å². The molecule has 0 atom stereocenters. The Morgan fingerprint density at radius 3 is 0.889 bits per heavy atom. The molecule has 0 bridgehead atoms. The van der Waals surface area contributed by atoms with Crippen molar-refractivity contribution in [3.8, 4) is 0 Å². The minimum atomic E-state index is 1.11. The lowest BCUT2D eigenvalue weighted by atomic mass is 9.91. The molecule has 0 saturated carbocycles. The van der Waals surface area contributed by atoms with E-state index >= 15 is 0 Å². The summed E-state index contributed by atoms with van der Waals surface area (Å²) in [6.45, 7) is 15.5. The predicted octanol–water partition coefficient (Wildman–Crippen LogP) is 5.41. The van der Waals surface area contributed by atoms with E-state index in [9.17, 15) is 0 Å². The first kappa shape index (κ1) is 12.1. The molecule has 0 radical (unpaired) electrons.